The zero-order valence-corrected chi connectivity index (χ0v) is 19.5. The van der Waals surface area contributed by atoms with E-state index in [2.05, 4.69) is 18.8 Å². The maximum absolute atomic E-state index is 14.0. The van der Waals surface area contributed by atoms with Crippen LogP contribution in [0.15, 0.2) is 18.2 Å². The molecule has 0 heterocycles. The molecule has 0 radical (unpaired) electrons. The molecule has 0 spiro atoms. The van der Waals surface area contributed by atoms with Crippen molar-refractivity contribution in [3.05, 3.63) is 35.1 Å². The van der Waals surface area contributed by atoms with Crippen molar-refractivity contribution >= 4 is 0 Å². The van der Waals surface area contributed by atoms with Crippen molar-refractivity contribution in [2.45, 2.75) is 110 Å². The molecule has 0 nitrogen and oxygen atoms in total. The molecule has 1 aromatic carbocycles. The second-order valence-electron chi connectivity index (χ2n) is 10.0. The third-order valence-corrected chi connectivity index (χ3v) is 7.90. The lowest BCUT2D eigenvalue weighted by molar-refractivity contribution is 0.153. The number of hydrogen-bond acceptors (Lipinski definition) is 0. The summed E-state index contributed by atoms with van der Waals surface area (Å²) in [5, 5.41) is 0. The zero-order valence-electron chi connectivity index (χ0n) is 19.5. The molecule has 2 saturated carbocycles. The second-order valence-corrected chi connectivity index (χ2v) is 10.0. The maximum Gasteiger partial charge on any atom is 0.127 e. The first-order valence-electron chi connectivity index (χ1n) is 13.0. The van der Waals surface area contributed by atoms with Crippen molar-refractivity contribution in [2.24, 2.45) is 23.7 Å². The van der Waals surface area contributed by atoms with E-state index in [0.717, 1.165) is 35.3 Å². The van der Waals surface area contributed by atoms with Crippen LogP contribution in [0.3, 0.4) is 0 Å². The van der Waals surface area contributed by atoms with Crippen molar-refractivity contribution in [2.75, 3.05) is 0 Å². The Kier molecular flexibility index (Phi) is 9.77. The highest BCUT2D eigenvalue weighted by atomic mass is 19.1. The molecule has 0 saturated heterocycles. The van der Waals surface area contributed by atoms with Crippen LogP contribution < -0.4 is 0 Å². The summed E-state index contributed by atoms with van der Waals surface area (Å²) in [4.78, 5) is 0. The summed E-state index contributed by atoms with van der Waals surface area (Å²) < 4.78 is 14.0. The van der Waals surface area contributed by atoms with E-state index in [1.165, 1.54) is 89.9 Å². The molecular formula is C29H43F. The number of unbranched alkanes of at least 4 members (excludes halogenated alkanes) is 4. The van der Waals surface area contributed by atoms with Gasteiger partial charge in [0.2, 0.25) is 0 Å². The largest absolute Gasteiger partial charge is 0.207 e. The van der Waals surface area contributed by atoms with Crippen LogP contribution in [0.1, 0.15) is 115 Å². The molecule has 2 fully saturated rings. The van der Waals surface area contributed by atoms with E-state index >= 15 is 0 Å². The standard InChI is InChI=1S/C29H43F/c1-3-5-6-7-8-9-23-12-18-27(19-13-23)28-20-14-24(15-21-28)10-11-25-16-17-26(4-2)29(30)22-25/h16-17,22-24,27-28H,3-9,12-15,18-21H2,1-2H3/t23-,24?,27-,28?. The van der Waals surface area contributed by atoms with Crippen LogP contribution in [0.5, 0.6) is 0 Å². The fourth-order valence-corrected chi connectivity index (χ4v) is 5.82. The first kappa shape index (κ1) is 23.4. The van der Waals surface area contributed by atoms with Gasteiger partial charge in [-0.25, -0.2) is 4.39 Å². The zero-order chi connectivity index (χ0) is 21.2. The molecule has 0 unspecified atom stereocenters. The van der Waals surface area contributed by atoms with E-state index in [1.807, 2.05) is 19.1 Å². The molecule has 0 N–H and O–H groups in total. The Balaban J connectivity index is 1.36. The molecular weight excluding hydrogens is 367 g/mol. The fourth-order valence-electron chi connectivity index (χ4n) is 5.82. The minimum absolute atomic E-state index is 0.107. The van der Waals surface area contributed by atoms with Crippen molar-refractivity contribution in [3.8, 4) is 11.8 Å². The lowest BCUT2D eigenvalue weighted by Crippen LogP contribution is -2.25. The normalized spacial score (nSPS) is 26.8. The number of halogens is 1. The van der Waals surface area contributed by atoms with Crippen LogP contribution in [0.4, 0.5) is 4.39 Å². The highest BCUT2D eigenvalue weighted by molar-refractivity contribution is 5.37. The lowest BCUT2D eigenvalue weighted by atomic mass is 9.69. The van der Waals surface area contributed by atoms with Crippen LogP contribution in [0.25, 0.3) is 0 Å². The van der Waals surface area contributed by atoms with E-state index in [-0.39, 0.29) is 5.82 Å². The Morgan fingerprint density at radius 1 is 0.833 bits per heavy atom. The average Bonchev–Trinajstić information content (AvgIpc) is 2.78. The van der Waals surface area contributed by atoms with Crippen molar-refractivity contribution in [1.82, 2.24) is 0 Å². The summed E-state index contributed by atoms with van der Waals surface area (Å²) in [5.74, 6) is 10.0. The number of rotatable bonds is 8. The SMILES string of the molecule is CCCCCCC[C@H]1CC[C@H](C2CCC(C#Cc3ccc(CC)c(F)c3)CC2)CC1. The van der Waals surface area contributed by atoms with Crippen LogP contribution in [-0.2, 0) is 6.42 Å². The smallest absolute Gasteiger partial charge is 0.127 e. The van der Waals surface area contributed by atoms with Gasteiger partial charge in [-0.1, -0.05) is 83.1 Å². The Morgan fingerprint density at radius 2 is 1.50 bits per heavy atom. The molecule has 0 amide bonds. The highest BCUT2D eigenvalue weighted by Crippen LogP contribution is 2.42. The molecule has 0 aliphatic heterocycles. The minimum Gasteiger partial charge on any atom is -0.207 e. The first-order chi connectivity index (χ1) is 14.7. The molecule has 1 heteroatoms. The summed E-state index contributed by atoms with van der Waals surface area (Å²) >= 11 is 0. The van der Waals surface area contributed by atoms with Gasteiger partial charge in [0, 0.05) is 11.5 Å². The topological polar surface area (TPSA) is 0 Å². The van der Waals surface area contributed by atoms with Gasteiger partial charge < -0.3 is 0 Å². The quantitative estimate of drug-likeness (QED) is 0.297. The number of benzene rings is 1. The molecule has 0 bridgehead atoms. The van der Waals surface area contributed by atoms with Gasteiger partial charge in [0.15, 0.2) is 0 Å². The van der Waals surface area contributed by atoms with E-state index in [4.69, 9.17) is 0 Å². The molecule has 2 aliphatic rings. The minimum atomic E-state index is -0.107. The Morgan fingerprint density at radius 3 is 2.13 bits per heavy atom. The van der Waals surface area contributed by atoms with Gasteiger partial charge in [-0.15, -0.1) is 0 Å². The molecule has 2 aliphatic carbocycles. The number of hydrogen-bond donors (Lipinski definition) is 0. The third-order valence-electron chi connectivity index (χ3n) is 7.90. The highest BCUT2D eigenvalue weighted by Gasteiger charge is 2.30. The van der Waals surface area contributed by atoms with Crippen LogP contribution >= 0.6 is 0 Å². The Hall–Kier alpha value is -1.29. The summed E-state index contributed by atoms with van der Waals surface area (Å²) in [6, 6.07) is 5.47. The van der Waals surface area contributed by atoms with E-state index in [9.17, 15) is 4.39 Å². The predicted molar refractivity (Wildman–Crippen MR) is 127 cm³/mol. The van der Waals surface area contributed by atoms with Crippen molar-refractivity contribution in [1.29, 1.82) is 0 Å². The summed E-state index contributed by atoms with van der Waals surface area (Å²) in [6.45, 7) is 4.29. The molecule has 3 rings (SSSR count). The monoisotopic (exact) mass is 410 g/mol. The number of aryl methyl sites for hydroxylation is 1. The first-order valence-corrected chi connectivity index (χ1v) is 13.0. The van der Waals surface area contributed by atoms with Crippen molar-refractivity contribution < 1.29 is 4.39 Å². The average molecular weight is 411 g/mol. The van der Waals surface area contributed by atoms with Gasteiger partial charge in [-0.3, -0.25) is 0 Å². The summed E-state index contributed by atoms with van der Waals surface area (Å²) in [7, 11) is 0. The molecule has 30 heavy (non-hydrogen) atoms. The Labute approximate surface area is 185 Å². The van der Waals surface area contributed by atoms with Gasteiger partial charge in [-0.2, -0.15) is 0 Å². The van der Waals surface area contributed by atoms with E-state index < -0.39 is 0 Å². The van der Waals surface area contributed by atoms with Gasteiger partial charge >= 0.3 is 0 Å². The molecule has 1 aromatic rings. The molecule has 0 aromatic heterocycles. The predicted octanol–water partition coefficient (Wildman–Crippen LogP) is 8.71. The van der Waals surface area contributed by atoms with Gasteiger partial charge in [0.1, 0.15) is 5.82 Å². The third kappa shape index (κ3) is 7.14. The van der Waals surface area contributed by atoms with E-state index in [1.54, 1.807) is 6.07 Å². The van der Waals surface area contributed by atoms with Crippen LogP contribution in [0.2, 0.25) is 0 Å². The van der Waals surface area contributed by atoms with E-state index in [0.29, 0.717) is 5.92 Å². The fraction of sp³-hybridized carbons (Fsp3) is 0.724. The summed E-state index contributed by atoms with van der Waals surface area (Å²) in [6.07, 6.45) is 20.5. The maximum atomic E-state index is 14.0. The van der Waals surface area contributed by atoms with Gasteiger partial charge in [0.05, 0.1) is 0 Å². The Bertz CT molecular complexity index is 678. The second kappa shape index (κ2) is 12.5. The summed E-state index contributed by atoms with van der Waals surface area (Å²) in [5.41, 5.74) is 1.62. The van der Waals surface area contributed by atoms with Crippen LogP contribution in [-0.4, -0.2) is 0 Å². The molecule has 0 atom stereocenters. The van der Waals surface area contributed by atoms with Crippen molar-refractivity contribution in [3.63, 3.8) is 0 Å². The van der Waals surface area contributed by atoms with Gasteiger partial charge in [0.25, 0.3) is 0 Å². The van der Waals surface area contributed by atoms with Gasteiger partial charge in [-0.05, 0) is 80.4 Å². The van der Waals surface area contributed by atoms with Crippen LogP contribution in [0, 0.1) is 41.3 Å². The molecule has 166 valence electrons. The lowest BCUT2D eigenvalue weighted by Gasteiger charge is -2.37.